The monoisotopic (exact) mass is 253 g/mol. The van der Waals surface area contributed by atoms with Gasteiger partial charge in [-0.1, -0.05) is 11.2 Å². The number of nitrogens with zero attached hydrogens (tertiary/aromatic N) is 1. The molecule has 0 unspecified atom stereocenters. The van der Waals surface area contributed by atoms with E-state index in [1.807, 2.05) is 12.1 Å². The highest BCUT2D eigenvalue weighted by Crippen LogP contribution is 2.19. The second kappa shape index (κ2) is 7.52. The maximum absolute atomic E-state index is 8.72. The Morgan fingerprint density at radius 1 is 1.44 bits per heavy atom. The Labute approximate surface area is 106 Å². The Balaban J connectivity index is 2.76. The molecular weight excluding hydrogens is 234 g/mol. The molecule has 0 heterocycles. The molecule has 0 atom stereocenters. The third-order valence-electron chi connectivity index (χ3n) is 2.46. The van der Waals surface area contributed by atoms with Crippen LogP contribution < -0.4 is 15.8 Å². The van der Waals surface area contributed by atoms with Crippen LogP contribution in [0.1, 0.15) is 11.1 Å². The summed E-state index contributed by atoms with van der Waals surface area (Å²) in [6.45, 7) is 2.10. The third kappa shape index (κ3) is 3.90. The summed E-state index contributed by atoms with van der Waals surface area (Å²) in [5.41, 5.74) is 7.19. The smallest absolute Gasteiger partial charge is 0.173 e. The van der Waals surface area contributed by atoms with Crippen molar-refractivity contribution in [3.05, 3.63) is 29.3 Å². The molecule has 0 aromatic heterocycles. The largest absolute Gasteiger partial charge is 0.496 e. The lowest BCUT2D eigenvalue weighted by Crippen LogP contribution is -2.19. The van der Waals surface area contributed by atoms with Crippen molar-refractivity contribution in [2.75, 3.05) is 27.4 Å². The third-order valence-corrected chi connectivity index (χ3v) is 2.46. The van der Waals surface area contributed by atoms with Crippen molar-refractivity contribution in [3.8, 4) is 5.75 Å². The predicted octanol–water partition coefficient (Wildman–Crippen LogP) is 0.526. The van der Waals surface area contributed by atoms with E-state index >= 15 is 0 Å². The highest BCUT2D eigenvalue weighted by atomic mass is 16.5. The zero-order valence-electron chi connectivity index (χ0n) is 10.6. The molecule has 0 radical (unpaired) electrons. The fourth-order valence-electron chi connectivity index (χ4n) is 1.53. The Hall–Kier alpha value is -1.79. The summed E-state index contributed by atoms with van der Waals surface area (Å²) in [5, 5.41) is 14.9. The summed E-state index contributed by atoms with van der Waals surface area (Å²) >= 11 is 0. The van der Waals surface area contributed by atoms with Crippen LogP contribution in [-0.2, 0) is 11.3 Å². The van der Waals surface area contributed by atoms with Crippen LogP contribution in [0.4, 0.5) is 0 Å². The van der Waals surface area contributed by atoms with E-state index in [1.165, 1.54) is 0 Å². The summed E-state index contributed by atoms with van der Waals surface area (Å²) in [4.78, 5) is 0. The number of rotatable bonds is 7. The van der Waals surface area contributed by atoms with E-state index in [0.717, 1.165) is 12.1 Å². The second-order valence-electron chi connectivity index (χ2n) is 3.69. The van der Waals surface area contributed by atoms with Crippen LogP contribution in [-0.4, -0.2) is 38.4 Å². The summed E-state index contributed by atoms with van der Waals surface area (Å²) in [7, 11) is 3.20. The van der Waals surface area contributed by atoms with Crippen molar-refractivity contribution in [2.24, 2.45) is 10.9 Å². The van der Waals surface area contributed by atoms with Crippen molar-refractivity contribution in [3.63, 3.8) is 0 Å². The molecular formula is C12H19N3O3. The van der Waals surface area contributed by atoms with E-state index in [4.69, 9.17) is 20.4 Å². The molecule has 18 heavy (non-hydrogen) atoms. The number of hydrogen-bond acceptors (Lipinski definition) is 5. The van der Waals surface area contributed by atoms with Crippen LogP contribution in [0.5, 0.6) is 5.75 Å². The summed E-state index contributed by atoms with van der Waals surface area (Å²) in [6.07, 6.45) is 0. The molecule has 100 valence electrons. The van der Waals surface area contributed by atoms with Gasteiger partial charge in [0.25, 0.3) is 0 Å². The predicted molar refractivity (Wildman–Crippen MR) is 69.1 cm³/mol. The maximum atomic E-state index is 8.72. The minimum absolute atomic E-state index is 0.0330. The van der Waals surface area contributed by atoms with Crippen LogP contribution in [0.25, 0.3) is 0 Å². The number of nitrogens with one attached hydrogen (secondary N) is 1. The Morgan fingerprint density at radius 3 is 2.83 bits per heavy atom. The molecule has 0 saturated carbocycles. The van der Waals surface area contributed by atoms with Gasteiger partial charge in [-0.05, 0) is 17.7 Å². The summed E-state index contributed by atoms with van der Waals surface area (Å²) < 4.78 is 10.1. The summed E-state index contributed by atoms with van der Waals surface area (Å²) in [5.74, 6) is 0.608. The standard InChI is InChI=1S/C12H19N3O3/c1-17-6-5-14-8-9-3-4-11(18-2)10(7-9)12(13)15-16/h3-4,7,14,16H,5-6,8H2,1-2H3,(H2,13,15). The SMILES string of the molecule is COCCNCc1ccc(OC)c(C(N)=NO)c1. The van der Waals surface area contributed by atoms with Crippen molar-refractivity contribution < 1.29 is 14.7 Å². The van der Waals surface area contributed by atoms with E-state index in [2.05, 4.69) is 10.5 Å². The van der Waals surface area contributed by atoms with Gasteiger partial charge in [-0.15, -0.1) is 0 Å². The van der Waals surface area contributed by atoms with Gasteiger partial charge in [0.05, 0.1) is 19.3 Å². The van der Waals surface area contributed by atoms with Gasteiger partial charge in [-0.25, -0.2) is 0 Å². The molecule has 6 heteroatoms. The normalized spacial score (nSPS) is 11.6. The molecule has 1 aromatic carbocycles. The van der Waals surface area contributed by atoms with Crippen molar-refractivity contribution in [1.29, 1.82) is 0 Å². The van der Waals surface area contributed by atoms with Gasteiger partial charge >= 0.3 is 0 Å². The first-order chi connectivity index (χ1) is 8.72. The van der Waals surface area contributed by atoms with Crippen LogP contribution in [0.2, 0.25) is 0 Å². The highest BCUT2D eigenvalue weighted by molar-refractivity contribution is 5.99. The fraction of sp³-hybridized carbons (Fsp3) is 0.417. The highest BCUT2D eigenvalue weighted by Gasteiger charge is 2.08. The molecule has 0 amide bonds. The van der Waals surface area contributed by atoms with Gasteiger partial charge in [-0.3, -0.25) is 0 Å². The minimum atomic E-state index is 0.0330. The molecule has 0 spiro atoms. The van der Waals surface area contributed by atoms with E-state index in [9.17, 15) is 0 Å². The number of methoxy groups -OCH3 is 2. The average molecular weight is 253 g/mol. The van der Waals surface area contributed by atoms with Gasteiger partial charge in [0, 0.05) is 20.2 Å². The lowest BCUT2D eigenvalue weighted by atomic mass is 10.1. The minimum Gasteiger partial charge on any atom is -0.496 e. The van der Waals surface area contributed by atoms with Crippen LogP contribution in [0.3, 0.4) is 0 Å². The molecule has 0 bridgehead atoms. The number of hydrogen-bond donors (Lipinski definition) is 3. The number of oxime groups is 1. The molecule has 1 rings (SSSR count). The van der Waals surface area contributed by atoms with Crippen LogP contribution >= 0.6 is 0 Å². The first kappa shape index (κ1) is 14.3. The maximum Gasteiger partial charge on any atom is 0.173 e. The molecule has 0 aliphatic rings. The molecule has 0 fully saturated rings. The summed E-state index contributed by atoms with van der Waals surface area (Å²) in [6, 6.07) is 5.54. The first-order valence-electron chi connectivity index (χ1n) is 5.57. The zero-order valence-corrected chi connectivity index (χ0v) is 10.6. The average Bonchev–Trinajstić information content (AvgIpc) is 2.42. The lowest BCUT2D eigenvalue weighted by Gasteiger charge is -2.10. The molecule has 4 N–H and O–H groups in total. The number of ether oxygens (including phenoxy) is 2. The Kier molecular flexibility index (Phi) is 5.96. The molecule has 1 aromatic rings. The van der Waals surface area contributed by atoms with Crippen molar-refractivity contribution >= 4 is 5.84 Å². The quantitative estimate of drug-likeness (QED) is 0.217. The van der Waals surface area contributed by atoms with E-state index in [0.29, 0.717) is 24.5 Å². The van der Waals surface area contributed by atoms with Crippen LogP contribution in [0.15, 0.2) is 23.4 Å². The van der Waals surface area contributed by atoms with Gasteiger partial charge in [0.15, 0.2) is 5.84 Å². The number of benzene rings is 1. The number of amidine groups is 1. The molecule has 0 aliphatic carbocycles. The van der Waals surface area contributed by atoms with Gasteiger partial charge in [0.2, 0.25) is 0 Å². The lowest BCUT2D eigenvalue weighted by molar-refractivity contribution is 0.199. The molecule has 0 aliphatic heterocycles. The zero-order chi connectivity index (χ0) is 13.4. The van der Waals surface area contributed by atoms with Gasteiger partial charge in [-0.2, -0.15) is 0 Å². The molecule has 0 saturated heterocycles. The molecule has 6 nitrogen and oxygen atoms in total. The van der Waals surface area contributed by atoms with Gasteiger partial charge in [0.1, 0.15) is 5.75 Å². The second-order valence-corrected chi connectivity index (χ2v) is 3.69. The van der Waals surface area contributed by atoms with E-state index in [1.54, 1.807) is 20.3 Å². The van der Waals surface area contributed by atoms with Crippen LogP contribution in [0, 0.1) is 0 Å². The van der Waals surface area contributed by atoms with Gasteiger partial charge < -0.3 is 25.7 Å². The van der Waals surface area contributed by atoms with Crippen molar-refractivity contribution in [2.45, 2.75) is 6.54 Å². The van der Waals surface area contributed by atoms with Crippen molar-refractivity contribution in [1.82, 2.24) is 5.32 Å². The topological polar surface area (TPSA) is 89.1 Å². The fourth-order valence-corrected chi connectivity index (χ4v) is 1.53. The Bertz CT molecular complexity index is 408. The number of nitrogens with two attached hydrogens (primary N) is 1. The Morgan fingerprint density at radius 2 is 2.22 bits per heavy atom. The first-order valence-corrected chi connectivity index (χ1v) is 5.57. The van der Waals surface area contributed by atoms with E-state index < -0.39 is 0 Å². The van der Waals surface area contributed by atoms with E-state index in [-0.39, 0.29) is 5.84 Å².